The second kappa shape index (κ2) is 10.7. The van der Waals surface area contributed by atoms with E-state index in [1.807, 2.05) is 30.3 Å². The molecular formula is C24H29NO5. The third-order valence-electron chi connectivity index (χ3n) is 5.19. The first-order valence-electron chi connectivity index (χ1n) is 10.4. The number of rotatable bonds is 8. The van der Waals surface area contributed by atoms with Gasteiger partial charge in [-0.1, -0.05) is 37.3 Å². The Morgan fingerprint density at radius 3 is 2.33 bits per heavy atom. The summed E-state index contributed by atoms with van der Waals surface area (Å²) < 4.78 is 16.8. The van der Waals surface area contributed by atoms with Crippen molar-refractivity contribution in [2.45, 2.75) is 32.8 Å². The summed E-state index contributed by atoms with van der Waals surface area (Å²) in [5, 5.41) is 0. The van der Waals surface area contributed by atoms with E-state index in [1.54, 1.807) is 36.1 Å². The number of likely N-dealkylation sites (tertiary alicyclic amines) is 1. The van der Waals surface area contributed by atoms with E-state index in [0.717, 1.165) is 18.6 Å². The third kappa shape index (κ3) is 5.99. The predicted molar refractivity (Wildman–Crippen MR) is 114 cm³/mol. The number of amides is 1. The highest BCUT2D eigenvalue weighted by atomic mass is 16.6. The average Bonchev–Trinajstić information content (AvgIpc) is 2.77. The van der Waals surface area contributed by atoms with Gasteiger partial charge in [-0.3, -0.25) is 4.79 Å². The molecule has 0 bridgehead atoms. The highest BCUT2D eigenvalue weighted by molar-refractivity contribution is 5.94. The molecule has 30 heavy (non-hydrogen) atoms. The molecule has 1 fully saturated rings. The number of hydrogen-bond acceptors (Lipinski definition) is 5. The maximum Gasteiger partial charge on any atom is 0.342 e. The Labute approximate surface area is 177 Å². The molecule has 2 aromatic carbocycles. The van der Waals surface area contributed by atoms with Crippen molar-refractivity contribution in [2.24, 2.45) is 5.92 Å². The highest BCUT2D eigenvalue weighted by Gasteiger charge is 2.27. The predicted octanol–water partition coefficient (Wildman–Crippen LogP) is 3.95. The second-order valence-corrected chi connectivity index (χ2v) is 7.56. The molecule has 6 nitrogen and oxygen atoms in total. The molecule has 1 aliphatic heterocycles. The number of ether oxygens (including phenoxy) is 3. The van der Waals surface area contributed by atoms with Crippen molar-refractivity contribution in [3.8, 4) is 11.5 Å². The van der Waals surface area contributed by atoms with Crippen LogP contribution in [0, 0.1) is 5.92 Å². The zero-order chi connectivity index (χ0) is 21.3. The van der Waals surface area contributed by atoms with Crippen molar-refractivity contribution in [2.75, 3.05) is 26.3 Å². The summed E-state index contributed by atoms with van der Waals surface area (Å²) in [6.45, 7) is 5.85. The molecule has 0 radical (unpaired) electrons. The Balaban J connectivity index is 1.52. The standard InChI is InChI=1S/C24H29NO5/c1-18-12-14-25(15-13-18)23(26)19(2)30-24(27)21-10-6-7-11-22(21)29-17-16-28-20-8-4-3-5-9-20/h3-11,18-19H,12-17H2,1-2H3. The summed E-state index contributed by atoms with van der Waals surface area (Å²) in [7, 11) is 0. The van der Waals surface area contributed by atoms with Gasteiger partial charge in [0.15, 0.2) is 6.10 Å². The SMILES string of the molecule is CC1CCN(C(=O)C(C)OC(=O)c2ccccc2OCCOc2ccccc2)CC1. The summed E-state index contributed by atoms with van der Waals surface area (Å²) in [5.74, 6) is 1.08. The van der Waals surface area contributed by atoms with Gasteiger partial charge in [0.05, 0.1) is 0 Å². The minimum absolute atomic E-state index is 0.148. The van der Waals surface area contributed by atoms with Crippen molar-refractivity contribution in [3.63, 3.8) is 0 Å². The summed E-state index contributed by atoms with van der Waals surface area (Å²) in [6, 6.07) is 16.3. The maximum absolute atomic E-state index is 12.7. The van der Waals surface area contributed by atoms with Gasteiger partial charge in [-0.2, -0.15) is 0 Å². The molecule has 6 heteroatoms. The first-order valence-corrected chi connectivity index (χ1v) is 10.4. The Morgan fingerprint density at radius 1 is 0.967 bits per heavy atom. The first-order chi connectivity index (χ1) is 14.5. The Kier molecular flexibility index (Phi) is 7.71. The van der Waals surface area contributed by atoms with E-state index >= 15 is 0 Å². The molecule has 0 N–H and O–H groups in total. The van der Waals surface area contributed by atoms with Crippen molar-refractivity contribution in [1.82, 2.24) is 4.90 Å². The van der Waals surface area contributed by atoms with Crippen LogP contribution >= 0.6 is 0 Å². The van der Waals surface area contributed by atoms with Gasteiger partial charge in [-0.25, -0.2) is 4.79 Å². The van der Waals surface area contributed by atoms with Crippen molar-refractivity contribution in [3.05, 3.63) is 60.2 Å². The molecule has 1 atom stereocenters. The quantitative estimate of drug-likeness (QED) is 0.486. The number of nitrogens with zero attached hydrogens (tertiary/aromatic N) is 1. The number of carbonyl (C=O) groups is 2. The van der Waals surface area contributed by atoms with Crippen LogP contribution in [-0.4, -0.2) is 49.2 Å². The van der Waals surface area contributed by atoms with Gasteiger partial charge in [-0.15, -0.1) is 0 Å². The third-order valence-corrected chi connectivity index (χ3v) is 5.19. The van der Waals surface area contributed by atoms with E-state index in [1.165, 1.54) is 0 Å². The lowest BCUT2D eigenvalue weighted by Gasteiger charge is -2.31. The zero-order valence-corrected chi connectivity index (χ0v) is 17.6. The molecule has 3 rings (SSSR count). The van der Waals surface area contributed by atoms with Gasteiger partial charge in [0.2, 0.25) is 0 Å². The van der Waals surface area contributed by atoms with E-state index in [0.29, 0.717) is 36.9 Å². The molecule has 0 spiro atoms. The molecule has 160 valence electrons. The van der Waals surface area contributed by atoms with Gasteiger partial charge >= 0.3 is 5.97 Å². The number of hydrogen-bond donors (Lipinski definition) is 0. The average molecular weight is 411 g/mol. The van der Waals surface area contributed by atoms with Gasteiger partial charge < -0.3 is 19.1 Å². The normalized spacial score (nSPS) is 15.3. The number of benzene rings is 2. The smallest absolute Gasteiger partial charge is 0.342 e. The van der Waals surface area contributed by atoms with E-state index in [4.69, 9.17) is 14.2 Å². The molecule has 1 unspecified atom stereocenters. The number of piperidine rings is 1. The fraction of sp³-hybridized carbons (Fsp3) is 0.417. The van der Waals surface area contributed by atoms with Crippen molar-refractivity contribution >= 4 is 11.9 Å². The molecule has 1 aliphatic rings. The second-order valence-electron chi connectivity index (χ2n) is 7.56. The number of esters is 1. The molecule has 1 amide bonds. The van der Waals surface area contributed by atoms with E-state index in [2.05, 4.69) is 6.92 Å². The minimum Gasteiger partial charge on any atom is -0.490 e. The summed E-state index contributed by atoms with van der Waals surface area (Å²) in [6.07, 6.45) is 1.13. The van der Waals surface area contributed by atoms with Crippen LogP contribution in [0.25, 0.3) is 0 Å². The van der Waals surface area contributed by atoms with Crippen LogP contribution in [-0.2, 0) is 9.53 Å². The lowest BCUT2D eigenvalue weighted by Crippen LogP contribution is -2.44. The first kappa shape index (κ1) is 21.7. The van der Waals surface area contributed by atoms with Crippen LogP contribution in [0.15, 0.2) is 54.6 Å². The van der Waals surface area contributed by atoms with Gasteiger partial charge in [-0.05, 0) is 49.9 Å². The Morgan fingerprint density at radius 2 is 1.60 bits per heavy atom. The van der Waals surface area contributed by atoms with Crippen molar-refractivity contribution in [1.29, 1.82) is 0 Å². The van der Waals surface area contributed by atoms with Crippen LogP contribution in [0.1, 0.15) is 37.0 Å². The molecule has 1 heterocycles. The molecular weight excluding hydrogens is 382 g/mol. The minimum atomic E-state index is -0.833. The molecule has 0 saturated carbocycles. The summed E-state index contributed by atoms with van der Waals surface area (Å²) in [4.78, 5) is 27.0. The summed E-state index contributed by atoms with van der Waals surface area (Å²) >= 11 is 0. The van der Waals surface area contributed by atoms with Crippen LogP contribution in [0.5, 0.6) is 11.5 Å². The number of carbonyl (C=O) groups excluding carboxylic acids is 2. The van der Waals surface area contributed by atoms with Gasteiger partial charge in [0, 0.05) is 13.1 Å². The Hall–Kier alpha value is -3.02. The van der Waals surface area contributed by atoms with Gasteiger partial charge in [0.1, 0.15) is 30.3 Å². The van der Waals surface area contributed by atoms with Crippen LogP contribution in [0.4, 0.5) is 0 Å². The molecule has 1 saturated heterocycles. The maximum atomic E-state index is 12.7. The van der Waals surface area contributed by atoms with Crippen molar-refractivity contribution < 1.29 is 23.8 Å². The zero-order valence-electron chi connectivity index (χ0n) is 17.6. The van der Waals surface area contributed by atoms with E-state index in [9.17, 15) is 9.59 Å². The molecule has 2 aromatic rings. The fourth-order valence-electron chi connectivity index (χ4n) is 3.35. The van der Waals surface area contributed by atoms with Crippen LogP contribution < -0.4 is 9.47 Å². The molecule has 0 aliphatic carbocycles. The topological polar surface area (TPSA) is 65.1 Å². The largest absolute Gasteiger partial charge is 0.490 e. The van der Waals surface area contributed by atoms with E-state index < -0.39 is 12.1 Å². The van der Waals surface area contributed by atoms with Crippen LogP contribution in [0.2, 0.25) is 0 Å². The summed E-state index contributed by atoms with van der Waals surface area (Å²) in [5.41, 5.74) is 0.295. The lowest BCUT2D eigenvalue weighted by atomic mass is 9.99. The molecule has 0 aromatic heterocycles. The highest BCUT2D eigenvalue weighted by Crippen LogP contribution is 2.21. The van der Waals surface area contributed by atoms with E-state index in [-0.39, 0.29) is 12.5 Å². The Bertz CT molecular complexity index is 830. The van der Waals surface area contributed by atoms with Crippen LogP contribution in [0.3, 0.4) is 0 Å². The monoisotopic (exact) mass is 411 g/mol. The van der Waals surface area contributed by atoms with Gasteiger partial charge in [0.25, 0.3) is 5.91 Å². The lowest BCUT2D eigenvalue weighted by molar-refractivity contribution is -0.141. The number of para-hydroxylation sites is 2. The fourth-order valence-corrected chi connectivity index (χ4v) is 3.35.